The van der Waals surface area contributed by atoms with Crippen LogP contribution in [-0.4, -0.2) is 13.1 Å². The van der Waals surface area contributed by atoms with E-state index in [1.165, 1.54) is 22.3 Å². The fourth-order valence-electron chi connectivity index (χ4n) is 2.73. The maximum absolute atomic E-state index is 6.42. The van der Waals surface area contributed by atoms with Crippen molar-refractivity contribution < 1.29 is 0 Å². The highest BCUT2D eigenvalue weighted by Gasteiger charge is 2.28. The third-order valence-corrected chi connectivity index (χ3v) is 4.11. The molecule has 0 amide bonds. The second kappa shape index (κ2) is 4.67. The Labute approximate surface area is 111 Å². The highest BCUT2D eigenvalue weighted by molar-refractivity contribution is 5.42. The molecule has 0 bridgehead atoms. The van der Waals surface area contributed by atoms with Gasteiger partial charge in [-0.1, -0.05) is 32.9 Å². The van der Waals surface area contributed by atoms with Crippen LogP contribution in [0.5, 0.6) is 0 Å². The summed E-state index contributed by atoms with van der Waals surface area (Å²) in [5.74, 6) is 0.600. The van der Waals surface area contributed by atoms with Crippen molar-refractivity contribution >= 4 is 0 Å². The van der Waals surface area contributed by atoms with E-state index in [9.17, 15) is 0 Å². The van der Waals surface area contributed by atoms with Crippen LogP contribution in [0.25, 0.3) is 0 Å². The van der Waals surface area contributed by atoms with E-state index in [1.807, 2.05) is 0 Å². The van der Waals surface area contributed by atoms with Crippen molar-refractivity contribution in [3.8, 4) is 0 Å². The Balaban J connectivity index is 2.37. The maximum atomic E-state index is 6.42. The van der Waals surface area contributed by atoms with Gasteiger partial charge in [-0.25, -0.2) is 0 Å². The minimum Gasteiger partial charge on any atom is -0.324 e. The number of hydrogen-bond acceptors (Lipinski definition) is 2. The number of hydrogen-bond donors (Lipinski definition) is 2. The lowest BCUT2D eigenvalue weighted by Crippen LogP contribution is -2.48. The van der Waals surface area contributed by atoms with Crippen LogP contribution in [0.2, 0.25) is 0 Å². The lowest BCUT2D eigenvalue weighted by Gasteiger charge is -2.34. The zero-order valence-corrected chi connectivity index (χ0v) is 12.3. The molecule has 3 N–H and O–H groups in total. The summed E-state index contributed by atoms with van der Waals surface area (Å²) in [5, 5.41) is 3.31. The molecule has 1 fully saturated rings. The van der Waals surface area contributed by atoms with E-state index in [1.54, 1.807) is 0 Å². The fraction of sp³-hybridized carbons (Fsp3) is 0.625. The van der Waals surface area contributed by atoms with Gasteiger partial charge < -0.3 is 11.1 Å². The summed E-state index contributed by atoms with van der Waals surface area (Å²) in [6, 6.07) is 4.81. The molecular weight excluding hydrogens is 220 g/mol. The monoisotopic (exact) mass is 246 g/mol. The van der Waals surface area contributed by atoms with Gasteiger partial charge in [-0.3, -0.25) is 0 Å². The van der Waals surface area contributed by atoms with E-state index >= 15 is 0 Å². The summed E-state index contributed by atoms with van der Waals surface area (Å²) >= 11 is 0. The van der Waals surface area contributed by atoms with Crippen molar-refractivity contribution in [2.45, 2.75) is 46.1 Å². The summed E-state index contributed by atoms with van der Waals surface area (Å²) in [7, 11) is 0. The predicted octanol–water partition coefficient (Wildman–Crippen LogP) is 2.82. The van der Waals surface area contributed by atoms with E-state index in [0.717, 1.165) is 13.1 Å². The van der Waals surface area contributed by atoms with Crippen LogP contribution in [0.4, 0.5) is 0 Å². The van der Waals surface area contributed by atoms with Gasteiger partial charge in [0.1, 0.15) is 0 Å². The molecule has 0 radical (unpaired) electrons. The molecule has 1 aliphatic heterocycles. The molecule has 1 saturated heterocycles. The first-order valence-electron chi connectivity index (χ1n) is 6.88. The Morgan fingerprint density at radius 1 is 1.17 bits per heavy atom. The molecule has 1 heterocycles. The van der Waals surface area contributed by atoms with Crippen LogP contribution in [-0.2, 0) is 5.41 Å². The Morgan fingerprint density at radius 3 is 2.00 bits per heavy atom. The average molecular weight is 246 g/mol. The molecule has 2 nitrogen and oxygen atoms in total. The maximum Gasteiger partial charge on any atom is 0.0353 e. The summed E-state index contributed by atoms with van der Waals surface area (Å²) in [6.45, 7) is 13.3. The van der Waals surface area contributed by atoms with Crippen LogP contribution in [0.1, 0.15) is 49.1 Å². The van der Waals surface area contributed by atoms with Crippen LogP contribution in [0.15, 0.2) is 12.1 Å². The number of benzene rings is 1. The molecule has 2 rings (SSSR count). The van der Waals surface area contributed by atoms with E-state index < -0.39 is 0 Å². The Bertz CT molecular complexity index is 416. The minimum absolute atomic E-state index is 0.181. The first kappa shape index (κ1) is 13.6. The van der Waals surface area contributed by atoms with Crippen molar-refractivity contribution in [3.63, 3.8) is 0 Å². The second-order valence-electron chi connectivity index (χ2n) is 6.72. The third-order valence-electron chi connectivity index (χ3n) is 4.11. The van der Waals surface area contributed by atoms with Crippen molar-refractivity contribution in [1.82, 2.24) is 5.32 Å². The summed E-state index contributed by atoms with van der Waals surface area (Å²) in [5.41, 5.74) is 12.1. The number of rotatable bonds is 2. The predicted molar refractivity (Wildman–Crippen MR) is 77.9 cm³/mol. The van der Waals surface area contributed by atoms with Crippen molar-refractivity contribution in [3.05, 3.63) is 34.4 Å². The van der Waals surface area contributed by atoms with Crippen LogP contribution < -0.4 is 11.1 Å². The first-order chi connectivity index (χ1) is 8.30. The lowest BCUT2D eigenvalue weighted by molar-refractivity contribution is 0.293. The molecule has 1 atom stereocenters. The van der Waals surface area contributed by atoms with Gasteiger partial charge in [0.2, 0.25) is 0 Å². The van der Waals surface area contributed by atoms with Crippen molar-refractivity contribution in [1.29, 1.82) is 0 Å². The molecule has 18 heavy (non-hydrogen) atoms. The van der Waals surface area contributed by atoms with E-state index in [2.05, 4.69) is 52.1 Å². The van der Waals surface area contributed by atoms with E-state index in [-0.39, 0.29) is 11.5 Å². The zero-order valence-electron chi connectivity index (χ0n) is 12.3. The SMILES string of the molecule is Cc1cc(C(C)(C)C)cc(C)c1C(N)C1CNC1. The Hall–Kier alpha value is -0.860. The summed E-state index contributed by atoms with van der Waals surface area (Å²) in [6.07, 6.45) is 0. The topological polar surface area (TPSA) is 38.0 Å². The normalized spacial score (nSPS) is 18.6. The molecule has 1 aromatic carbocycles. The van der Waals surface area contributed by atoms with Gasteiger partial charge in [-0.05, 0) is 41.5 Å². The van der Waals surface area contributed by atoms with Gasteiger partial charge in [0.15, 0.2) is 0 Å². The van der Waals surface area contributed by atoms with E-state index in [4.69, 9.17) is 5.73 Å². The van der Waals surface area contributed by atoms with Crippen LogP contribution in [0.3, 0.4) is 0 Å². The Kier molecular flexibility index (Phi) is 3.52. The van der Waals surface area contributed by atoms with Crippen LogP contribution >= 0.6 is 0 Å². The van der Waals surface area contributed by atoms with Crippen molar-refractivity contribution in [2.24, 2.45) is 11.7 Å². The van der Waals surface area contributed by atoms with Gasteiger partial charge >= 0.3 is 0 Å². The highest BCUT2D eigenvalue weighted by Crippen LogP contribution is 2.32. The summed E-state index contributed by atoms with van der Waals surface area (Å²) < 4.78 is 0. The highest BCUT2D eigenvalue weighted by atomic mass is 15.0. The fourth-order valence-corrected chi connectivity index (χ4v) is 2.73. The molecule has 0 spiro atoms. The molecule has 0 aromatic heterocycles. The zero-order chi connectivity index (χ0) is 13.5. The van der Waals surface area contributed by atoms with Gasteiger partial charge in [-0.2, -0.15) is 0 Å². The van der Waals surface area contributed by atoms with Crippen LogP contribution in [0, 0.1) is 19.8 Å². The molecular formula is C16H26N2. The molecule has 1 aliphatic rings. The van der Waals surface area contributed by atoms with Gasteiger partial charge in [0, 0.05) is 25.0 Å². The van der Waals surface area contributed by atoms with Gasteiger partial charge in [0.25, 0.3) is 0 Å². The smallest absolute Gasteiger partial charge is 0.0353 e. The molecule has 0 saturated carbocycles. The molecule has 1 aromatic rings. The molecule has 2 heteroatoms. The van der Waals surface area contributed by atoms with E-state index in [0.29, 0.717) is 5.92 Å². The standard InChI is InChI=1S/C16H26N2/c1-10-6-13(16(3,4)5)7-11(2)14(10)15(17)12-8-18-9-12/h6-7,12,15,18H,8-9,17H2,1-5H3. The third kappa shape index (κ3) is 2.45. The first-order valence-corrected chi connectivity index (χ1v) is 6.88. The summed E-state index contributed by atoms with van der Waals surface area (Å²) in [4.78, 5) is 0. The lowest BCUT2D eigenvalue weighted by atomic mass is 9.80. The number of nitrogens with two attached hydrogens (primary N) is 1. The molecule has 0 aliphatic carbocycles. The minimum atomic E-state index is 0.181. The number of aryl methyl sites for hydroxylation is 2. The van der Waals surface area contributed by atoms with Gasteiger partial charge in [0.05, 0.1) is 0 Å². The van der Waals surface area contributed by atoms with Crippen molar-refractivity contribution in [2.75, 3.05) is 13.1 Å². The number of nitrogens with one attached hydrogen (secondary N) is 1. The largest absolute Gasteiger partial charge is 0.324 e. The Morgan fingerprint density at radius 2 is 1.67 bits per heavy atom. The van der Waals surface area contributed by atoms with Gasteiger partial charge in [-0.15, -0.1) is 0 Å². The molecule has 100 valence electrons. The molecule has 1 unspecified atom stereocenters. The average Bonchev–Trinajstić information content (AvgIpc) is 2.11. The quantitative estimate of drug-likeness (QED) is 0.842. The second-order valence-corrected chi connectivity index (χ2v) is 6.72.